The van der Waals surface area contributed by atoms with E-state index in [0.29, 0.717) is 10.6 Å². The van der Waals surface area contributed by atoms with Gasteiger partial charge in [0.2, 0.25) is 0 Å². The van der Waals surface area contributed by atoms with Gasteiger partial charge in [0.15, 0.2) is 0 Å². The number of rotatable bonds is 3. The summed E-state index contributed by atoms with van der Waals surface area (Å²) in [5.41, 5.74) is 4.39. The lowest BCUT2D eigenvalue weighted by Crippen LogP contribution is -2.38. The first-order valence-corrected chi connectivity index (χ1v) is 8.34. The molecular weight excluding hydrogens is 326 g/mol. The maximum absolute atomic E-state index is 12.2. The van der Waals surface area contributed by atoms with Crippen molar-refractivity contribution in [2.24, 2.45) is 0 Å². The second-order valence-electron chi connectivity index (χ2n) is 6.20. The molecule has 1 aliphatic rings. The lowest BCUT2D eigenvalue weighted by atomic mass is 10.1. The zero-order chi connectivity index (χ0) is 17.3. The number of aryl methyl sites for hydroxylation is 3. The van der Waals surface area contributed by atoms with Gasteiger partial charge in [0.25, 0.3) is 5.56 Å². The van der Waals surface area contributed by atoms with Crippen LogP contribution in [-0.2, 0) is 13.0 Å². The van der Waals surface area contributed by atoms with Crippen LogP contribution in [0.4, 0.5) is 4.79 Å². The SMILES string of the molecule is Cc1cc(C)c(CNC(=O)N[C@@H]2CCc3cc(Cl)ccc32)c(=O)[nH]1. The van der Waals surface area contributed by atoms with Gasteiger partial charge in [-0.3, -0.25) is 4.79 Å². The van der Waals surface area contributed by atoms with Crippen LogP contribution in [0.15, 0.2) is 29.1 Å². The van der Waals surface area contributed by atoms with E-state index in [9.17, 15) is 9.59 Å². The van der Waals surface area contributed by atoms with Gasteiger partial charge in [-0.15, -0.1) is 0 Å². The largest absolute Gasteiger partial charge is 0.334 e. The summed E-state index contributed by atoms with van der Waals surface area (Å²) in [5.74, 6) is 0. The quantitative estimate of drug-likeness (QED) is 0.799. The molecule has 2 aromatic rings. The van der Waals surface area contributed by atoms with Crippen LogP contribution in [0.1, 0.15) is 40.4 Å². The molecule has 1 aromatic heterocycles. The number of fused-ring (bicyclic) bond motifs is 1. The van der Waals surface area contributed by atoms with E-state index >= 15 is 0 Å². The molecule has 0 aliphatic heterocycles. The summed E-state index contributed by atoms with van der Waals surface area (Å²) in [6, 6.07) is 7.36. The summed E-state index contributed by atoms with van der Waals surface area (Å²) in [6.45, 7) is 3.91. The number of aromatic amines is 1. The fourth-order valence-electron chi connectivity index (χ4n) is 3.22. The molecule has 1 atom stereocenters. The van der Waals surface area contributed by atoms with Crippen LogP contribution < -0.4 is 16.2 Å². The first-order valence-electron chi connectivity index (χ1n) is 7.96. The highest BCUT2D eigenvalue weighted by molar-refractivity contribution is 6.30. The number of amides is 2. The van der Waals surface area contributed by atoms with Gasteiger partial charge in [0, 0.05) is 16.3 Å². The normalized spacial score (nSPS) is 15.9. The van der Waals surface area contributed by atoms with E-state index in [0.717, 1.165) is 29.7 Å². The third-order valence-electron chi connectivity index (χ3n) is 4.41. The molecule has 0 fully saturated rings. The van der Waals surface area contributed by atoms with Crippen molar-refractivity contribution in [3.8, 4) is 0 Å². The number of nitrogens with one attached hydrogen (secondary N) is 3. The smallest absolute Gasteiger partial charge is 0.315 e. The standard InChI is InChI=1S/C18H20ClN3O2/c1-10-7-11(2)21-17(23)15(10)9-20-18(24)22-16-6-3-12-8-13(19)4-5-14(12)16/h4-5,7-8,16H,3,6,9H2,1-2H3,(H,21,23)(H2,20,22,24)/t16-/m1/s1. The Kier molecular flexibility index (Phi) is 4.62. The Hall–Kier alpha value is -2.27. The maximum Gasteiger partial charge on any atom is 0.315 e. The van der Waals surface area contributed by atoms with E-state index in [1.807, 2.05) is 38.1 Å². The predicted molar refractivity (Wildman–Crippen MR) is 94.4 cm³/mol. The first kappa shape index (κ1) is 16.6. The van der Waals surface area contributed by atoms with Crippen LogP contribution >= 0.6 is 11.6 Å². The van der Waals surface area contributed by atoms with Crippen LogP contribution in [0.3, 0.4) is 0 Å². The van der Waals surface area contributed by atoms with Crippen molar-refractivity contribution in [2.45, 2.75) is 39.3 Å². The summed E-state index contributed by atoms with van der Waals surface area (Å²) in [7, 11) is 0. The van der Waals surface area contributed by atoms with E-state index in [1.165, 1.54) is 5.56 Å². The summed E-state index contributed by atoms with van der Waals surface area (Å²) < 4.78 is 0. The molecule has 1 heterocycles. The Balaban J connectivity index is 1.63. The van der Waals surface area contributed by atoms with E-state index in [2.05, 4.69) is 15.6 Å². The van der Waals surface area contributed by atoms with Gasteiger partial charge in [0.1, 0.15) is 0 Å². The van der Waals surface area contributed by atoms with E-state index < -0.39 is 0 Å². The molecule has 1 aromatic carbocycles. The van der Waals surface area contributed by atoms with Crippen LogP contribution in [0.5, 0.6) is 0 Å². The van der Waals surface area contributed by atoms with Crippen molar-refractivity contribution in [2.75, 3.05) is 0 Å². The highest BCUT2D eigenvalue weighted by Gasteiger charge is 2.24. The van der Waals surface area contributed by atoms with Gasteiger partial charge in [-0.05, 0) is 61.6 Å². The molecular formula is C18H20ClN3O2. The molecule has 3 N–H and O–H groups in total. The topological polar surface area (TPSA) is 74.0 Å². The second-order valence-corrected chi connectivity index (χ2v) is 6.64. The number of H-pyrrole nitrogens is 1. The van der Waals surface area contributed by atoms with Gasteiger partial charge in [-0.25, -0.2) is 4.79 Å². The lowest BCUT2D eigenvalue weighted by Gasteiger charge is -2.15. The Bertz CT molecular complexity index is 845. The molecule has 5 nitrogen and oxygen atoms in total. The molecule has 126 valence electrons. The van der Waals surface area contributed by atoms with Crippen molar-refractivity contribution in [3.05, 3.63) is 67.6 Å². The number of halogens is 1. The Morgan fingerprint density at radius 1 is 1.33 bits per heavy atom. The maximum atomic E-state index is 12.2. The molecule has 0 unspecified atom stereocenters. The number of hydrogen-bond donors (Lipinski definition) is 3. The average molecular weight is 346 g/mol. The average Bonchev–Trinajstić information content (AvgIpc) is 2.88. The van der Waals surface area contributed by atoms with Crippen molar-refractivity contribution >= 4 is 17.6 Å². The van der Waals surface area contributed by atoms with E-state index in [-0.39, 0.29) is 24.2 Å². The van der Waals surface area contributed by atoms with E-state index in [4.69, 9.17) is 11.6 Å². The molecule has 2 amide bonds. The summed E-state index contributed by atoms with van der Waals surface area (Å²) >= 11 is 6.00. The highest BCUT2D eigenvalue weighted by atomic mass is 35.5. The van der Waals surface area contributed by atoms with Crippen LogP contribution in [0.25, 0.3) is 0 Å². The summed E-state index contributed by atoms with van der Waals surface area (Å²) in [5, 5.41) is 6.46. The fraction of sp³-hybridized carbons (Fsp3) is 0.333. The van der Waals surface area contributed by atoms with Crippen molar-refractivity contribution in [1.82, 2.24) is 15.6 Å². The molecule has 0 saturated heterocycles. The number of urea groups is 1. The molecule has 6 heteroatoms. The second kappa shape index (κ2) is 6.69. The number of hydrogen-bond acceptors (Lipinski definition) is 2. The summed E-state index contributed by atoms with van der Waals surface area (Å²) in [6.07, 6.45) is 1.75. The number of carbonyl (C=O) groups is 1. The minimum atomic E-state index is -0.276. The van der Waals surface area contributed by atoms with Crippen molar-refractivity contribution < 1.29 is 4.79 Å². The molecule has 3 rings (SSSR count). The molecule has 1 aliphatic carbocycles. The fourth-order valence-corrected chi connectivity index (χ4v) is 3.41. The molecule has 0 radical (unpaired) electrons. The van der Waals surface area contributed by atoms with Crippen molar-refractivity contribution in [1.29, 1.82) is 0 Å². The predicted octanol–water partition coefficient (Wildman–Crippen LogP) is 3.13. The van der Waals surface area contributed by atoms with Gasteiger partial charge in [-0.2, -0.15) is 0 Å². The van der Waals surface area contributed by atoms with Gasteiger partial charge in [-0.1, -0.05) is 17.7 Å². The molecule has 0 bridgehead atoms. The van der Waals surface area contributed by atoms with E-state index in [1.54, 1.807) is 0 Å². The third-order valence-corrected chi connectivity index (χ3v) is 4.64. The van der Waals surface area contributed by atoms with Crippen molar-refractivity contribution in [3.63, 3.8) is 0 Å². The number of aromatic nitrogens is 1. The summed E-state index contributed by atoms with van der Waals surface area (Å²) in [4.78, 5) is 26.9. The number of carbonyl (C=O) groups excluding carboxylic acids is 1. The lowest BCUT2D eigenvalue weighted by molar-refractivity contribution is 0.236. The zero-order valence-corrected chi connectivity index (χ0v) is 14.5. The Morgan fingerprint density at radius 3 is 2.88 bits per heavy atom. The molecule has 0 spiro atoms. The zero-order valence-electron chi connectivity index (χ0n) is 13.7. The Morgan fingerprint density at radius 2 is 2.12 bits per heavy atom. The van der Waals surface area contributed by atoms with Gasteiger partial charge >= 0.3 is 6.03 Å². The monoisotopic (exact) mass is 345 g/mol. The third kappa shape index (κ3) is 3.46. The van der Waals surface area contributed by atoms with Gasteiger partial charge in [0.05, 0.1) is 12.6 Å². The minimum Gasteiger partial charge on any atom is -0.334 e. The van der Waals surface area contributed by atoms with Crippen LogP contribution in [0.2, 0.25) is 5.02 Å². The Labute approximate surface area is 145 Å². The highest BCUT2D eigenvalue weighted by Crippen LogP contribution is 2.32. The molecule has 0 saturated carbocycles. The first-order chi connectivity index (χ1) is 11.4. The number of benzene rings is 1. The van der Waals surface area contributed by atoms with Gasteiger partial charge < -0.3 is 15.6 Å². The number of pyridine rings is 1. The van der Waals surface area contributed by atoms with Crippen LogP contribution in [-0.4, -0.2) is 11.0 Å². The minimum absolute atomic E-state index is 0.0188. The molecule has 24 heavy (non-hydrogen) atoms. The van der Waals surface area contributed by atoms with Crippen LogP contribution in [0, 0.1) is 13.8 Å².